The van der Waals surface area contributed by atoms with Crippen molar-refractivity contribution in [1.29, 1.82) is 0 Å². The number of thioether (sulfide) groups is 1. The number of para-hydroxylation sites is 1. The van der Waals surface area contributed by atoms with Gasteiger partial charge >= 0.3 is 0 Å². The SMILES string of the molecule is O=C(CN1CCN(c2ncccn2)CC1)N1c2ccccc2SCC1c1ccccc1. The van der Waals surface area contributed by atoms with Gasteiger partial charge in [0.05, 0.1) is 18.3 Å². The van der Waals surface area contributed by atoms with Gasteiger partial charge in [-0.05, 0) is 23.8 Å². The van der Waals surface area contributed by atoms with Crippen LogP contribution in [0.3, 0.4) is 0 Å². The van der Waals surface area contributed by atoms with E-state index in [0.717, 1.165) is 43.6 Å². The highest BCUT2D eigenvalue weighted by molar-refractivity contribution is 7.99. The Bertz CT molecular complexity index is 1020. The number of fused-ring (bicyclic) bond motifs is 1. The number of hydrogen-bond acceptors (Lipinski definition) is 6. The third-order valence-corrected chi connectivity index (χ3v) is 6.99. The van der Waals surface area contributed by atoms with Gasteiger partial charge in [0.25, 0.3) is 0 Å². The lowest BCUT2D eigenvalue weighted by Crippen LogP contribution is -2.51. The Hall–Kier alpha value is -2.90. The second-order valence-corrected chi connectivity index (χ2v) is 8.84. The van der Waals surface area contributed by atoms with Crippen molar-refractivity contribution in [2.45, 2.75) is 10.9 Å². The van der Waals surface area contributed by atoms with E-state index in [9.17, 15) is 4.79 Å². The average molecular weight is 432 g/mol. The molecule has 1 saturated heterocycles. The number of benzene rings is 2. The van der Waals surface area contributed by atoms with Crippen LogP contribution in [-0.2, 0) is 4.79 Å². The third kappa shape index (κ3) is 4.29. The number of hydrogen-bond donors (Lipinski definition) is 0. The summed E-state index contributed by atoms with van der Waals surface area (Å²) in [5, 5.41) is 0. The van der Waals surface area contributed by atoms with Crippen LogP contribution in [-0.4, -0.2) is 59.3 Å². The topological polar surface area (TPSA) is 52.6 Å². The van der Waals surface area contributed by atoms with Gasteiger partial charge in [-0.1, -0.05) is 42.5 Å². The fourth-order valence-corrected chi connectivity index (χ4v) is 5.41. The fraction of sp³-hybridized carbons (Fsp3) is 0.292. The number of aromatic nitrogens is 2. The van der Waals surface area contributed by atoms with Gasteiger partial charge in [-0.25, -0.2) is 9.97 Å². The molecule has 2 aromatic carbocycles. The zero-order chi connectivity index (χ0) is 21.0. The van der Waals surface area contributed by atoms with E-state index < -0.39 is 0 Å². The van der Waals surface area contributed by atoms with Crippen LogP contribution in [0.1, 0.15) is 11.6 Å². The number of carbonyl (C=O) groups excluding carboxylic acids is 1. The van der Waals surface area contributed by atoms with E-state index in [1.54, 1.807) is 12.4 Å². The summed E-state index contributed by atoms with van der Waals surface area (Å²) in [6.07, 6.45) is 3.54. The molecule has 1 unspecified atom stereocenters. The van der Waals surface area contributed by atoms with Gasteiger partial charge in [0, 0.05) is 49.2 Å². The lowest BCUT2D eigenvalue weighted by molar-refractivity contribution is -0.120. The van der Waals surface area contributed by atoms with Crippen LogP contribution in [0, 0.1) is 0 Å². The summed E-state index contributed by atoms with van der Waals surface area (Å²) in [6, 6.07) is 20.5. The molecule has 2 aliphatic rings. The summed E-state index contributed by atoms with van der Waals surface area (Å²) in [5.74, 6) is 1.79. The van der Waals surface area contributed by atoms with E-state index in [-0.39, 0.29) is 11.9 Å². The Balaban J connectivity index is 1.32. The maximum atomic E-state index is 13.6. The van der Waals surface area contributed by atoms with E-state index in [1.807, 2.05) is 53.1 Å². The average Bonchev–Trinajstić information content (AvgIpc) is 2.85. The number of anilines is 2. The predicted molar refractivity (Wildman–Crippen MR) is 125 cm³/mol. The first-order chi connectivity index (χ1) is 15.3. The maximum absolute atomic E-state index is 13.6. The molecule has 6 nitrogen and oxygen atoms in total. The molecule has 3 aromatic rings. The van der Waals surface area contributed by atoms with Crippen LogP contribution >= 0.6 is 11.8 Å². The largest absolute Gasteiger partial charge is 0.338 e. The highest BCUT2D eigenvalue weighted by Crippen LogP contribution is 2.43. The number of rotatable bonds is 4. The second-order valence-electron chi connectivity index (χ2n) is 7.78. The van der Waals surface area contributed by atoms with E-state index in [4.69, 9.17) is 0 Å². The van der Waals surface area contributed by atoms with E-state index >= 15 is 0 Å². The molecule has 31 heavy (non-hydrogen) atoms. The summed E-state index contributed by atoms with van der Waals surface area (Å²) in [5.41, 5.74) is 2.21. The fourth-order valence-electron chi connectivity index (χ4n) is 4.25. The number of nitrogens with zero attached hydrogens (tertiary/aromatic N) is 5. The van der Waals surface area contributed by atoms with Gasteiger partial charge in [-0.2, -0.15) is 0 Å². The minimum Gasteiger partial charge on any atom is -0.338 e. The number of piperazine rings is 1. The molecule has 7 heteroatoms. The van der Waals surface area contributed by atoms with Crippen LogP contribution < -0.4 is 9.80 Å². The van der Waals surface area contributed by atoms with Crippen molar-refractivity contribution in [2.75, 3.05) is 48.3 Å². The molecular formula is C24H25N5OS. The van der Waals surface area contributed by atoms with Crippen LogP contribution in [0.2, 0.25) is 0 Å². The van der Waals surface area contributed by atoms with Crippen molar-refractivity contribution in [3.8, 4) is 0 Å². The van der Waals surface area contributed by atoms with Gasteiger partial charge in [0.2, 0.25) is 11.9 Å². The normalized spacial score (nSPS) is 19.2. The minimum absolute atomic E-state index is 0.0487. The lowest BCUT2D eigenvalue weighted by atomic mass is 10.1. The summed E-state index contributed by atoms with van der Waals surface area (Å²) in [7, 11) is 0. The van der Waals surface area contributed by atoms with E-state index in [0.29, 0.717) is 6.54 Å². The molecule has 0 radical (unpaired) electrons. The molecule has 1 amide bonds. The Labute approximate surface area is 186 Å². The molecule has 1 aromatic heterocycles. The first-order valence-electron chi connectivity index (χ1n) is 10.6. The monoisotopic (exact) mass is 431 g/mol. The Morgan fingerprint density at radius 3 is 2.39 bits per heavy atom. The molecule has 5 rings (SSSR count). The molecular weight excluding hydrogens is 406 g/mol. The summed E-state index contributed by atoms with van der Waals surface area (Å²) < 4.78 is 0. The number of carbonyl (C=O) groups is 1. The van der Waals surface area contributed by atoms with E-state index in [2.05, 4.69) is 44.0 Å². The van der Waals surface area contributed by atoms with Crippen molar-refractivity contribution in [1.82, 2.24) is 14.9 Å². The molecule has 0 N–H and O–H groups in total. The zero-order valence-electron chi connectivity index (χ0n) is 17.3. The lowest BCUT2D eigenvalue weighted by Gasteiger charge is -2.39. The molecule has 0 saturated carbocycles. The first kappa shape index (κ1) is 20.0. The first-order valence-corrected chi connectivity index (χ1v) is 11.6. The molecule has 0 spiro atoms. The van der Waals surface area contributed by atoms with Crippen molar-refractivity contribution < 1.29 is 4.79 Å². The van der Waals surface area contributed by atoms with Crippen LogP contribution in [0.5, 0.6) is 0 Å². The number of amides is 1. The molecule has 2 aliphatic heterocycles. The Morgan fingerprint density at radius 1 is 0.903 bits per heavy atom. The van der Waals surface area contributed by atoms with Crippen molar-refractivity contribution in [3.63, 3.8) is 0 Å². The van der Waals surface area contributed by atoms with Gasteiger partial charge in [0.15, 0.2) is 0 Å². The molecule has 1 atom stereocenters. The van der Waals surface area contributed by atoms with Crippen molar-refractivity contribution in [2.24, 2.45) is 0 Å². The quantitative estimate of drug-likeness (QED) is 0.631. The Kier molecular flexibility index (Phi) is 5.86. The highest BCUT2D eigenvalue weighted by Gasteiger charge is 2.33. The third-order valence-electron chi connectivity index (χ3n) is 5.85. The Morgan fingerprint density at radius 2 is 1.61 bits per heavy atom. The minimum atomic E-state index is 0.0487. The predicted octanol–water partition coefficient (Wildman–Crippen LogP) is 3.48. The highest BCUT2D eigenvalue weighted by atomic mass is 32.2. The molecule has 1 fully saturated rings. The van der Waals surface area contributed by atoms with Crippen LogP contribution in [0.4, 0.5) is 11.6 Å². The molecule has 158 valence electrons. The zero-order valence-corrected chi connectivity index (χ0v) is 18.1. The molecule has 3 heterocycles. The smallest absolute Gasteiger partial charge is 0.241 e. The summed E-state index contributed by atoms with van der Waals surface area (Å²) in [4.78, 5) is 29.9. The van der Waals surface area contributed by atoms with Crippen LogP contribution in [0.15, 0.2) is 78.0 Å². The maximum Gasteiger partial charge on any atom is 0.241 e. The van der Waals surface area contributed by atoms with Gasteiger partial charge in [0.1, 0.15) is 0 Å². The van der Waals surface area contributed by atoms with Gasteiger partial charge < -0.3 is 9.80 Å². The molecule has 0 aliphatic carbocycles. The van der Waals surface area contributed by atoms with E-state index in [1.165, 1.54) is 10.5 Å². The van der Waals surface area contributed by atoms with Crippen LogP contribution in [0.25, 0.3) is 0 Å². The van der Waals surface area contributed by atoms with Gasteiger partial charge in [-0.15, -0.1) is 11.8 Å². The second kappa shape index (κ2) is 9.08. The van der Waals surface area contributed by atoms with Crippen molar-refractivity contribution >= 4 is 29.3 Å². The van der Waals surface area contributed by atoms with Gasteiger partial charge in [-0.3, -0.25) is 9.69 Å². The standard InChI is InChI=1S/C24H25N5OS/c30-23(17-27-13-15-28(16-14-27)24-25-11-6-12-26-24)29-20-9-4-5-10-22(20)31-18-21(29)19-7-2-1-3-8-19/h1-12,21H,13-18H2. The molecule has 0 bridgehead atoms. The van der Waals surface area contributed by atoms with Crippen molar-refractivity contribution in [3.05, 3.63) is 78.6 Å². The summed E-state index contributed by atoms with van der Waals surface area (Å²) in [6.45, 7) is 3.72. The summed E-state index contributed by atoms with van der Waals surface area (Å²) >= 11 is 1.83.